The zero-order valence-electron chi connectivity index (χ0n) is 25.7. The quantitative estimate of drug-likeness (QED) is 0.125. The molecule has 0 aliphatic carbocycles. The second kappa shape index (κ2) is 15.1. The lowest BCUT2D eigenvalue weighted by molar-refractivity contribution is -0.115. The fraction of sp³-hybridized carbons (Fsp3) is 0.194. The molecule has 0 saturated heterocycles. The number of benzene rings is 4. The molecule has 0 heterocycles. The fourth-order valence-electron chi connectivity index (χ4n) is 4.51. The fourth-order valence-corrected chi connectivity index (χ4v) is 5.43. The summed E-state index contributed by atoms with van der Waals surface area (Å²) in [7, 11) is 3.91. The van der Waals surface area contributed by atoms with Gasteiger partial charge >= 0.3 is 0 Å². The number of nitrogens with one attached hydrogen (secondary N) is 3. The molecule has 226 valence electrons. The lowest BCUT2D eigenvalue weighted by atomic mass is 10.1. The molecule has 0 bridgehead atoms. The van der Waals surface area contributed by atoms with Crippen LogP contribution in [-0.2, 0) is 16.0 Å². The summed E-state index contributed by atoms with van der Waals surface area (Å²) in [4.78, 5) is 42.4. The van der Waals surface area contributed by atoms with Gasteiger partial charge in [-0.1, -0.05) is 61.5 Å². The van der Waals surface area contributed by atoms with E-state index in [9.17, 15) is 14.4 Å². The summed E-state index contributed by atoms with van der Waals surface area (Å²) >= 11 is 1.40. The summed E-state index contributed by atoms with van der Waals surface area (Å²) in [6.07, 6.45) is 2.47. The second-order valence-corrected chi connectivity index (χ2v) is 12.0. The highest BCUT2D eigenvalue weighted by molar-refractivity contribution is 8.00. The Hall–Kier alpha value is -4.82. The van der Waals surface area contributed by atoms with Gasteiger partial charge in [0.1, 0.15) is 5.70 Å². The van der Waals surface area contributed by atoms with E-state index < -0.39 is 5.91 Å². The molecular weight excluding hydrogens is 568 g/mol. The van der Waals surface area contributed by atoms with Crippen LogP contribution in [0.2, 0.25) is 0 Å². The van der Waals surface area contributed by atoms with E-state index in [4.69, 9.17) is 0 Å². The maximum absolute atomic E-state index is 13.5. The largest absolute Gasteiger partial charge is 0.378 e. The molecule has 3 amide bonds. The van der Waals surface area contributed by atoms with Crippen LogP contribution in [0.15, 0.2) is 108 Å². The normalized spacial score (nSPS) is 11.8. The molecule has 4 aromatic rings. The average Bonchev–Trinajstić information content (AvgIpc) is 3.02. The van der Waals surface area contributed by atoms with Crippen LogP contribution in [0, 0.1) is 6.92 Å². The zero-order chi connectivity index (χ0) is 31.6. The second-order valence-electron chi connectivity index (χ2n) is 10.6. The van der Waals surface area contributed by atoms with Gasteiger partial charge in [0.2, 0.25) is 5.91 Å². The molecule has 1 atom stereocenters. The topological polar surface area (TPSA) is 90.5 Å². The summed E-state index contributed by atoms with van der Waals surface area (Å²) in [5.74, 6) is -0.950. The summed E-state index contributed by atoms with van der Waals surface area (Å²) in [5, 5.41) is 8.41. The lowest BCUT2D eigenvalue weighted by Crippen LogP contribution is -2.30. The van der Waals surface area contributed by atoms with E-state index in [1.807, 2.05) is 99.6 Å². The third kappa shape index (κ3) is 8.61. The van der Waals surface area contributed by atoms with Gasteiger partial charge in [0.25, 0.3) is 11.8 Å². The van der Waals surface area contributed by atoms with Crippen molar-refractivity contribution in [2.45, 2.75) is 37.3 Å². The van der Waals surface area contributed by atoms with Gasteiger partial charge in [-0.05, 0) is 85.5 Å². The maximum Gasteiger partial charge on any atom is 0.272 e. The van der Waals surface area contributed by atoms with Crippen LogP contribution in [0.1, 0.15) is 40.9 Å². The Balaban J connectivity index is 1.50. The van der Waals surface area contributed by atoms with Crippen LogP contribution in [0.5, 0.6) is 0 Å². The standard InChI is InChI=1S/C36H38N4O3S/c1-6-27-15-10-12-24(2)33(27)39-34(41)25(3)44-31-17-11-16-29(23-31)37-36(43)32(38-35(42)28-13-8-7-9-14-28)22-26-18-20-30(21-19-26)40(4)5/h7-23,25H,6H2,1-5H3,(H,37,43)(H,38,42)(H,39,41)/b32-22+. The minimum absolute atomic E-state index is 0.0948. The van der Waals surface area contributed by atoms with Crippen LogP contribution in [-0.4, -0.2) is 37.1 Å². The number of rotatable bonds is 11. The third-order valence-electron chi connectivity index (χ3n) is 7.01. The maximum atomic E-state index is 13.5. The molecule has 44 heavy (non-hydrogen) atoms. The molecule has 0 aliphatic rings. The van der Waals surface area contributed by atoms with Gasteiger partial charge in [0.05, 0.1) is 5.25 Å². The number of hydrogen-bond donors (Lipinski definition) is 3. The Bertz CT molecular complexity index is 1650. The number of anilines is 3. The van der Waals surface area contributed by atoms with Crippen LogP contribution in [0.3, 0.4) is 0 Å². The highest BCUT2D eigenvalue weighted by Crippen LogP contribution is 2.28. The summed E-state index contributed by atoms with van der Waals surface area (Å²) in [5.41, 5.74) is 5.85. The highest BCUT2D eigenvalue weighted by atomic mass is 32.2. The van der Waals surface area contributed by atoms with Crippen molar-refractivity contribution in [2.75, 3.05) is 29.6 Å². The first-order valence-corrected chi connectivity index (χ1v) is 15.4. The Morgan fingerprint density at radius 1 is 0.864 bits per heavy atom. The van der Waals surface area contributed by atoms with E-state index in [1.165, 1.54) is 11.8 Å². The smallest absolute Gasteiger partial charge is 0.272 e. The van der Waals surface area contributed by atoms with Crippen molar-refractivity contribution in [1.29, 1.82) is 0 Å². The van der Waals surface area contributed by atoms with E-state index >= 15 is 0 Å². The number of carbonyl (C=O) groups excluding carboxylic acids is 3. The lowest BCUT2D eigenvalue weighted by Gasteiger charge is -2.17. The van der Waals surface area contributed by atoms with Crippen molar-refractivity contribution < 1.29 is 14.4 Å². The van der Waals surface area contributed by atoms with E-state index in [2.05, 4.69) is 22.9 Å². The number of thioether (sulfide) groups is 1. The molecule has 4 rings (SSSR count). The molecule has 4 aromatic carbocycles. The molecule has 0 spiro atoms. The third-order valence-corrected chi connectivity index (χ3v) is 8.11. The Labute approximate surface area is 263 Å². The van der Waals surface area contributed by atoms with Crippen molar-refractivity contribution in [2.24, 2.45) is 0 Å². The predicted octanol–water partition coefficient (Wildman–Crippen LogP) is 7.15. The molecule has 0 aliphatic heterocycles. The molecule has 0 aromatic heterocycles. The summed E-state index contributed by atoms with van der Waals surface area (Å²) in [6.45, 7) is 5.91. The minimum atomic E-state index is -0.467. The number of para-hydroxylation sites is 1. The summed E-state index contributed by atoms with van der Waals surface area (Å²) in [6, 6.07) is 29.7. The van der Waals surface area contributed by atoms with Crippen molar-refractivity contribution in [3.05, 3.63) is 125 Å². The first kappa shape index (κ1) is 32.1. The van der Waals surface area contributed by atoms with Gasteiger partial charge in [-0.3, -0.25) is 14.4 Å². The van der Waals surface area contributed by atoms with E-state index in [1.54, 1.807) is 36.4 Å². The molecule has 1 unspecified atom stereocenters. The van der Waals surface area contributed by atoms with Gasteiger partial charge in [-0.2, -0.15) is 0 Å². The molecule has 8 heteroatoms. The van der Waals surface area contributed by atoms with Gasteiger partial charge in [-0.25, -0.2) is 0 Å². The van der Waals surface area contributed by atoms with Gasteiger partial charge < -0.3 is 20.9 Å². The van der Waals surface area contributed by atoms with Crippen LogP contribution < -0.4 is 20.9 Å². The van der Waals surface area contributed by atoms with Crippen molar-refractivity contribution in [3.63, 3.8) is 0 Å². The minimum Gasteiger partial charge on any atom is -0.378 e. The van der Waals surface area contributed by atoms with Crippen molar-refractivity contribution >= 4 is 52.6 Å². The monoisotopic (exact) mass is 606 g/mol. The number of amides is 3. The first-order chi connectivity index (χ1) is 21.1. The van der Waals surface area contributed by atoms with Crippen LogP contribution >= 0.6 is 11.8 Å². The Morgan fingerprint density at radius 2 is 1.57 bits per heavy atom. The van der Waals surface area contributed by atoms with Crippen LogP contribution in [0.25, 0.3) is 6.08 Å². The average molecular weight is 607 g/mol. The Morgan fingerprint density at radius 3 is 2.25 bits per heavy atom. The van der Waals surface area contributed by atoms with E-state index in [0.29, 0.717) is 11.3 Å². The molecule has 0 fully saturated rings. The molecular formula is C36H38N4O3S. The number of carbonyl (C=O) groups is 3. The summed E-state index contributed by atoms with van der Waals surface area (Å²) < 4.78 is 0. The van der Waals surface area contributed by atoms with E-state index in [-0.39, 0.29) is 22.8 Å². The first-order valence-electron chi connectivity index (χ1n) is 14.5. The van der Waals surface area contributed by atoms with Crippen LogP contribution in [0.4, 0.5) is 17.1 Å². The SMILES string of the molecule is CCc1cccc(C)c1NC(=O)C(C)Sc1cccc(NC(=O)/C(=C\c2ccc(N(C)C)cc2)NC(=O)c2ccccc2)c1. The van der Waals surface area contributed by atoms with Gasteiger partial charge in [0, 0.05) is 41.6 Å². The number of hydrogen-bond acceptors (Lipinski definition) is 5. The van der Waals surface area contributed by atoms with Crippen molar-refractivity contribution in [1.82, 2.24) is 5.32 Å². The predicted molar refractivity (Wildman–Crippen MR) is 182 cm³/mol. The van der Waals surface area contributed by atoms with Gasteiger partial charge in [0.15, 0.2) is 0 Å². The molecule has 0 saturated carbocycles. The highest BCUT2D eigenvalue weighted by Gasteiger charge is 2.19. The molecule has 3 N–H and O–H groups in total. The van der Waals surface area contributed by atoms with E-state index in [0.717, 1.165) is 39.4 Å². The zero-order valence-corrected chi connectivity index (χ0v) is 26.5. The number of aryl methyl sites for hydroxylation is 2. The number of nitrogens with zero attached hydrogens (tertiary/aromatic N) is 1. The Kier molecular flexibility index (Phi) is 11.0. The van der Waals surface area contributed by atoms with Gasteiger partial charge in [-0.15, -0.1) is 11.8 Å². The molecule has 0 radical (unpaired) electrons. The van der Waals surface area contributed by atoms with Crippen molar-refractivity contribution in [3.8, 4) is 0 Å². The molecule has 7 nitrogen and oxygen atoms in total.